The Hall–Kier alpha value is -1.69. The van der Waals surface area contributed by atoms with E-state index in [-0.39, 0.29) is 0 Å². The molecule has 0 amide bonds. The number of halogens is 1. The second-order valence-electron chi connectivity index (χ2n) is 3.38. The van der Waals surface area contributed by atoms with E-state index in [4.69, 9.17) is 15.2 Å². The molecule has 0 spiro atoms. The molecule has 5 nitrogen and oxygen atoms in total. The zero-order chi connectivity index (χ0) is 12.4. The van der Waals surface area contributed by atoms with Gasteiger partial charge in [0, 0.05) is 21.7 Å². The van der Waals surface area contributed by atoms with E-state index in [0.29, 0.717) is 17.3 Å². The molecule has 2 rings (SSSR count). The summed E-state index contributed by atoms with van der Waals surface area (Å²) >= 11 is 3.48. The second kappa shape index (κ2) is 4.67. The van der Waals surface area contributed by atoms with Gasteiger partial charge in [-0.05, 0) is 22.0 Å². The van der Waals surface area contributed by atoms with Gasteiger partial charge in [-0.25, -0.2) is 0 Å². The van der Waals surface area contributed by atoms with E-state index in [1.54, 1.807) is 26.5 Å². The first-order chi connectivity index (χ1) is 8.17. The third kappa shape index (κ3) is 2.08. The SMILES string of the molecule is COc1cc(Br)c(-c2cn[nH]c2N)c(OC)c1. The highest BCUT2D eigenvalue weighted by Gasteiger charge is 2.16. The van der Waals surface area contributed by atoms with Gasteiger partial charge in [-0.1, -0.05) is 0 Å². The van der Waals surface area contributed by atoms with Crippen molar-refractivity contribution in [1.82, 2.24) is 10.2 Å². The molecule has 0 aliphatic carbocycles. The van der Waals surface area contributed by atoms with Gasteiger partial charge >= 0.3 is 0 Å². The maximum absolute atomic E-state index is 5.81. The van der Waals surface area contributed by atoms with Gasteiger partial charge in [0.1, 0.15) is 17.3 Å². The molecule has 0 aliphatic rings. The highest BCUT2D eigenvalue weighted by Crippen LogP contribution is 2.41. The Balaban J connectivity index is 2.65. The van der Waals surface area contributed by atoms with Gasteiger partial charge in [-0.2, -0.15) is 5.10 Å². The highest BCUT2D eigenvalue weighted by molar-refractivity contribution is 9.10. The number of ether oxygens (including phenoxy) is 2. The highest BCUT2D eigenvalue weighted by atomic mass is 79.9. The number of H-pyrrole nitrogens is 1. The predicted octanol–water partition coefficient (Wildman–Crippen LogP) is 2.44. The lowest BCUT2D eigenvalue weighted by molar-refractivity contribution is 0.395. The van der Waals surface area contributed by atoms with E-state index in [1.807, 2.05) is 6.07 Å². The van der Waals surface area contributed by atoms with Crippen LogP contribution in [0.1, 0.15) is 0 Å². The van der Waals surface area contributed by atoms with Gasteiger partial charge < -0.3 is 15.2 Å². The lowest BCUT2D eigenvalue weighted by Gasteiger charge is -2.12. The Kier molecular flexibility index (Phi) is 3.23. The van der Waals surface area contributed by atoms with Gasteiger partial charge in [-0.3, -0.25) is 5.10 Å². The number of aromatic amines is 1. The maximum atomic E-state index is 5.81. The largest absolute Gasteiger partial charge is 0.497 e. The first-order valence-electron chi connectivity index (χ1n) is 4.88. The lowest BCUT2D eigenvalue weighted by Crippen LogP contribution is -1.94. The van der Waals surface area contributed by atoms with Crippen LogP contribution in [0.2, 0.25) is 0 Å². The molecule has 0 atom stereocenters. The van der Waals surface area contributed by atoms with Crippen LogP contribution in [-0.2, 0) is 0 Å². The van der Waals surface area contributed by atoms with E-state index in [9.17, 15) is 0 Å². The van der Waals surface area contributed by atoms with Crippen LogP contribution in [0.3, 0.4) is 0 Å². The van der Waals surface area contributed by atoms with Gasteiger partial charge in [0.25, 0.3) is 0 Å². The van der Waals surface area contributed by atoms with Crippen LogP contribution in [-0.4, -0.2) is 24.4 Å². The van der Waals surface area contributed by atoms with E-state index in [1.165, 1.54) is 0 Å². The van der Waals surface area contributed by atoms with Crippen molar-refractivity contribution in [3.63, 3.8) is 0 Å². The third-order valence-electron chi connectivity index (χ3n) is 2.42. The van der Waals surface area contributed by atoms with Crippen molar-refractivity contribution in [2.24, 2.45) is 0 Å². The van der Waals surface area contributed by atoms with Gasteiger partial charge in [0.05, 0.1) is 20.4 Å². The first kappa shape index (κ1) is 11.8. The summed E-state index contributed by atoms with van der Waals surface area (Å²) in [4.78, 5) is 0. The summed E-state index contributed by atoms with van der Waals surface area (Å²) in [5.41, 5.74) is 7.45. The quantitative estimate of drug-likeness (QED) is 0.913. The normalized spacial score (nSPS) is 10.3. The summed E-state index contributed by atoms with van der Waals surface area (Å²) in [6.07, 6.45) is 1.66. The van der Waals surface area contributed by atoms with E-state index in [0.717, 1.165) is 15.6 Å². The molecule has 0 bridgehead atoms. The molecule has 1 aromatic carbocycles. The number of hydrogen-bond donors (Lipinski definition) is 2. The second-order valence-corrected chi connectivity index (χ2v) is 4.24. The standard InChI is InChI=1S/C11H12BrN3O2/c1-16-6-3-8(12)10(9(4-6)17-2)7-5-14-15-11(7)13/h3-5H,1-2H3,(H3,13,14,15). The number of nitrogens with zero attached hydrogens (tertiary/aromatic N) is 1. The number of nitrogens with two attached hydrogens (primary N) is 1. The molecular weight excluding hydrogens is 286 g/mol. The molecule has 0 aliphatic heterocycles. The van der Waals surface area contributed by atoms with Gasteiger partial charge in [0.2, 0.25) is 0 Å². The minimum absolute atomic E-state index is 0.495. The fraction of sp³-hybridized carbons (Fsp3) is 0.182. The van der Waals surface area contributed by atoms with E-state index in [2.05, 4.69) is 26.1 Å². The Morgan fingerprint density at radius 3 is 2.59 bits per heavy atom. The number of aromatic nitrogens is 2. The topological polar surface area (TPSA) is 73.2 Å². The van der Waals surface area contributed by atoms with Gasteiger partial charge in [0.15, 0.2) is 0 Å². The van der Waals surface area contributed by atoms with E-state index < -0.39 is 0 Å². The summed E-state index contributed by atoms with van der Waals surface area (Å²) in [7, 11) is 3.20. The third-order valence-corrected chi connectivity index (χ3v) is 3.05. The smallest absolute Gasteiger partial charge is 0.131 e. The zero-order valence-electron chi connectivity index (χ0n) is 9.45. The van der Waals surface area contributed by atoms with Crippen molar-refractivity contribution >= 4 is 21.7 Å². The average molecular weight is 298 g/mol. The van der Waals surface area contributed by atoms with Crippen molar-refractivity contribution < 1.29 is 9.47 Å². The van der Waals surface area contributed by atoms with E-state index >= 15 is 0 Å². The number of rotatable bonds is 3. The molecule has 3 N–H and O–H groups in total. The molecule has 0 unspecified atom stereocenters. The number of hydrogen-bond acceptors (Lipinski definition) is 4. The van der Waals surface area contributed by atoms with Crippen LogP contribution in [0.15, 0.2) is 22.8 Å². The molecule has 90 valence electrons. The Morgan fingerprint density at radius 2 is 2.06 bits per heavy atom. The maximum Gasteiger partial charge on any atom is 0.131 e. The zero-order valence-corrected chi connectivity index (χ0v) is 11.0. The van der Waals surface area contributed by atoms with Crippen LogP contribution >= 0.6 is 15.9 Å². The summed E-state index contributed by atoms with van der Waals surface area (Å²) in [5, 5.41) is 6.59. The van der Waals surface area contributed by atoms with Crippen molar-refractivity contribution in [2.75, 3.05) is 20.0 Å². The Bertz CT molecular complexity index is 540. The Morgan fingerprint density at radius 1 is 1.29 bits per heavy atom. The summed E-state index contributed by atoms with van der Waals surface area (Å²) in [5.74, 6) is 1.87. The molecule has 17 heavy (non-hydrogen) atoms. The van der Waals surface area contributed by atoms with Crippen LogP contribution in [0, 0.1) is 0 Å². The van der Waals surface area contributed by atoms with Crippen molar-refractivity contribution in [1.29, 1.82) is 0 Å². The molecule has 1 aromatic heterocycles. The number of methoxy groups -OCH3 is 2. The van der Waals surface area contributed by atoms with Crippen molar-refractivity contribution in [3.8, 4) is 22.6 Å². The van der Waals surface area contributed by atoms with Crippen LogP contribution in [0.5, 0.6) is 11.5 Å². The number of nitrogen functional groups attached to an aromatic ring is 1. The molecule has 0 fully saturated rings. The van der Waals surface area contributed by atoms with Crippen molar-refractivity contribution in [2.45, 2.75) is 0 Å². The molecule has 1 heterocycles. The molecule has 0 saturated carbocycles. The molecule has 0 saturated heterocycles. The minimum atomic E-state index is 0.495. The number of anilines is 1. The average Bonchev–Trinajstić information content (AvgIpc) is 2.74. The predicted molar refractivity (Wildman–Crippen MR) is 69.2 cm³/mol. The summed E-state index contributed by atoms with van der Waals surface area (Å²) < 4.78 is 11.4. The minimum Gasteiger partial charge on any atom is -0.497 e. The van der Waals surface area contributed by atoms with Crippen LogP contribution in [0.25, 0.3) is 11.1 Å². The van der Waals surface area contributed by atoms with Crippen molar-refractivity contribution in [3.05, 3.63) is 22.8 Å². The summed E-state index contributed by atoms with van der Waals surface area (Å²) in [6, 6.07) is 3.65. The molecule has 6 heteroatoms. The lowest BCUT2D eigenvalue weighted by atomic mass is 10.1. The monoisotopic (exact) mass is 297 g/mol. The number of benzene rings is 1. The van der Waals surface area contributed by atoms with Crippen LogP contribution < -0.4 is 15.2 Å². The molecule has 2 aromatic rings. The fourth-order valence-corrected chi connectivity index (χ4v) is 2.23. The molecule has 0 radical (unpaired) electrons. The Labute approximate surface area is 107 Å². The molecular formula is C11H12BrN3O2. The number of nitrogens with one attached hydrogen (secondary N) is 1. The fourth-order valence-electron chi connectivity index (χ4n) is 1.59. The summed E-state index contributed by atoms with van der Waals surface area (Å²) in [6.45, 7) is 0. The van der Waals surface area contributed by atoms with Crippen LogP contribution in [0.4, 0.5) is 5.82 Å². The first-order valence-corrected chi connectivity index (χ1v) is 5.67. The van der Waals surface area contributed by atoms with Gasteiger partial charge in [-0.15, -0.1) is 0 Å².